The maximum Gasteiger partial charge on any atom is 0.0271 e. The van der Waals surface area contributed by atoms with Crippen LogP contribution in [-0.2, 0) is 5.41 Å². The fourth-order valence-electron chi connectivity index (χ4n) is 2.15. The molecule has 1 rings (SSSR count). The Hall–Kier alpha value is -0.550. The zero-order chi connectivity index (χ0) is 16.8. The minimum Gasteiger partial charge on any atom is -0.329 e. The van der Waals surface area contributed by atoms with Gasteiger partial charge in [-0.05, 0) is 47.9 Å². The molecule has 0 aliphatic rings. The molecule has 0 saturated carbocycles. The summed E-state index contributed by atoms with van der Waals surface area (Å²) in [6.07, 6.45) is 0. The SMILES string of the molecule is CC(CNC(CN)C(C)C)NSc1ccc(C(C)(C)C)cc1. The summed E-state index contributed by atoms with van der Waals surface area (Å²) in [5, 5.41) is 3.53. The summed E-state index contributed by atoms with van der Waals surface area (Å²) in [6.45, 7) is 14.9. The van der Waals surface area contributed by atoms with E-state index in [1.807, 2.05) is 0 Å². The molecule has 0 aliphatic heterocycles. The predicted molar refractivity (Wildman–Crippen MR) is 99.3 cm³/mol. The van der Waals surface area contributed by atoms with Crippen molar-refractivity contribution in [3.05, 3.63) is 29.8 Å². The van der Waals surface area contributed by atoms with Crippen LogP contribution in [0.15, 0.2) is 29.2 Å². The van der Waals surface area contributed by atoms with Crippen molar-refractivity contribution in [2.45, 2.75) is 63.9 Å². The standard InChI is InChI=1S/C18H33N3S/c1-13(2)17(11-19)20-12-14(3)21-22-16-9-7-15(8-10-16)18(4,5)6/h7-10,13-14,17,20-21H,11-12,19H2,1-6H3. The van der Waals surface area contributed by atoms with Crippen molar-refractivity contribution in [3.63, 3.8) is 0 Å². The van der Waals surface area contributed by atoms with Gasteiger partial charge in [0, 0.05) is 30.1 Å². The maximum atomic E-state index is 5.79. The third kappa shape index (κ3) is 6.69. The molecular weight excluding hydrogens is 290 g/mol. The lowest BCUT2D eigenvalue weighted by Gasteiger charge is -2.23. The second-order valence-electron chi connectivity index (χ2n) is 7.39. The van der Waals surface area contributed by atoms with Crippen molar-refractivity contribution in [2.24, 2.45) is 11.7 Å². The molecule has 0 amide bonds. The molecule has 0 saturated heterocycles. The van der Waals surface area contributed by atoms with E-state index in [1.165, 1.54) is 10.5 Å². The van der Waals surface area contributed by atoms with Gasteiger partial charge in [0.15, 0.2) is 0 Å². The van der Waals surface area contributed by atoms with Gasteiger partial charge >= 0.3 is 0 Å². The normalized spacial score (nSPS) is 15.1. The smallest absolute Gasteiger partial charge is 0.0271 e. The Morgan fingerprint density at radius 1 is 1.09 bits per heavy atom. The molecule has 2 unspecified atom stereocenters. The van der Waals surface area contributed by atoms with E-state index in [-0.39, 0.29) is 5.41 Å². The summed E-state index contributed by atoms with van der Waals surface area (Å²) >= 11 is 1.69. The molecule has 0 aliphatic carbocycles. The second kappa shape index (κ2) is 8.92. The Morgan fingerprint density at radius 2 is 1.68 bits per heavy atom. The molecule has 0 radical (unpaired) electrons. The summed E-state index contributed by atoms with van der Waals surface area (Å²) in [5.74, 6) is 0.565. The molecule has 0 spiro atoms. The van der Waals surface area contributed by atoms with Crippen molar-refractivity contribution >= 4 is 11.9 Å². The highest BCUT2D eigenvalue weighted by Crippen LogP contribution is 2.24. The van der Waals surface area contributed by atoms with Crippen LogP contribution in [0.1, 0.15) is 47.1 Å². The van der Waals surface area contributed by atoms with Gasteiger partial charge in [0.05, 0.1) is 0 Å². The van der Waals surface area contributed by atoms with Crippen LogP contribution in [-0.4, -0.2) is 25.2 Å². The molecular formula is C18H33N3S. The van der Waals surface area contributed by atoms with E-state index in [9.17, 15) is 0 Å². The first-order chi connectivity index (χ1) is 10.2. The number of hydrogen-bond donors (Lipinski definition) is 3. The average Bonchev–Trinajstić information content (AvgIpc) is 2.45. The fourth-order valence-corrected chi connectivity index (χ4v) is 2.85. The molecule has 0 heterocycles. The van der Waals surface area contributed by atoms with Gasteiger partial charge in [-0.15, -0.1) is 0 Å². The van der Waals surface area contributed by atoms with Gasteiger partial charge in [0.2, 0.25) is 0 Å². The van der Waals surface area contributed by atoms with Crippen LogP contribution in [0.5, 0.6) is 0 Å². The molecule has 2 atom stereocenters. The van der Waals surface area contributed by atoms with Crippen LogP contribution < -0.4 is 15.8 Å². The van der Waals surface area contributed by atoms with Gasteiger partial charge in [0.1, 0.15) is 0 Å². The highest BCUT2D eigenvalue weighted by atomic mass is 32.2. The summed E-state index contributed by atoms with van der Waals surface area (Å²) in [7, 11) is 0. The number of nitrogens with two attached hydrogens (primary N) is 1. The number of nitrogens with one attached hydrogen (secondary N) is 2. The van der Waals surface area contributed by atoms with E-state index in [4.69, 9.17) is 5.73 Å². The van der Waals surface area contributed by atoms with Crippen molar-refractivity contribution < 1.29 is 0 Å². The molecule has 126 valence electrons. The van der Waals surface area contributed by atoms with Gasteiger partial charge in [-0.25, -0.2) is 0 Å². The van der Waals surface area contributed by atoms with Crippen molar-refractivity contribution in [1.29, 1.82) is 0 Å². The fraction of sp³-hybridized carbons (Fsp3) is 0.667. The van der Waals surface area contributed by atoms with E-state index < -0.39 is 0 Å². The number of benzene rings is 1. The van der Waals surface area contributed by atoms with E-state index in [1.54, 1.807) is 11.9 Å². The summed E-state index contributed by atoms with van der Waals surface area (Å²) < 4.78 is 3.49. The van der Waals surface area contributed by atoms with E-state index in [0.29, 0.717) is 24.5 Å². The van der Waals surface area contributed by atoms with Crippen LogP contribution in [0.3, 0.4) is 0 Å². The predicted octanol–water partition coefficient (Wildman–Crippen LogP) is 3.54. The van der Waals surface area contributed by atoms with Crippen LogP contribution in [0.4, 0.5) is 0 Å². The van der Waals surface area contributed by atoms with Crippen LogP contribution in [0, 0.1) is 5.92 Å². The van der Waals surface area contributed by atoms with Gasteiger partial charge in [-0.1, -0.05) is 46.8 Å². The van der Waals surface area contributed by atoms with Crippen molar-refractivity contribution in [3.8, 4) is 0 Å². The van der Waals surface area contributed by atoms with Gasteiger partial charge in [-0.3, -0.25) is 4.72 Å². The Labute approximate surface area is 141 Å². The minimum absolute atomic E-state index is 0.210. The first kappa shape index (κ1) is 19.5. The molecule has 1 aromatic rings. The lowest BCUT2D eigenvalue weighted by Crippen LogP contribution is -2.45. The number of hydrogen-bond acceptors (Lipinski definition) is 4. The van der Waals surface area contributed by atoms with E-state index >= 15 is 0 Å². The monoisotopic (exact) mass is 323 g/mol. The van der Waals surface area contributed by atoms with Crippen molar-refractivity contribution in [1.82, 2.24) is 10.0 Å². The van der Waals surface area contributed by atoms with Crippen LogP contribution in [0.2, 0.25) is 0 Å². The van der Waals surface area contributed by atoms with Gasteiger partial charge in [0.25, 0.3) is 0 Å². The highest BCUT2D eigenvalue weighted by Gasteiger charge is 2.14. The summed E-state index contributed by atoms with van der Waals surface area (Å²) in [4.78, 5) is 1.25. The lowest BCUT2D eigenvalue weighted by atomic mass is 9.87. The highest BCUT2D eigenvalue weighted by molar-refractivity contribution is 7.97. The summed E-state index contributed by atoms with van der Waals surface area (Å²) in [5.41, 5.74) is 7.37. The minimum atomic E-state index is 0.210. The topological polar surface area (TPSA) is 50.1 Å². The van der Waals surface area contributed by atoms with E-state index in [2.05, 4.69) is 75.8 Å². The molecule has 1 aromatic carbocycles. The Balaban J connectivity index is 2.39. The Bertz CT molecular complexity index is 423. The average molecular weight is 324 g/mol. The third-order valence-electron chi connectivity index (χ3n) is 3.84. The van der Waals surface area contributed by atoms with Crippen LogP contribution >= 0.6 is 11.9 Å². The zero-order valence-corrected chi connectivity index (χ0v) is 15.8. The first-order valence-corrected chi connectivity index (χ1v) is 9.02. The Morgan fingerprint density at radius 3 is 2.14 bits per heavy atom. The first-order valence-electron chi connectivity index (χ1n) is 8.20. The molecule has 4 heteroatoms. The largest absolute Gasteiger partial charge is 0.329 e. The number of rotatable bonds is 8. The molecule has 0 bridgehead atoms. The van der Waals surface area contributed by atoms with Gasteiger partial charge < -0.3 is 11.1 Å². The maximum absolute atomic E-state index is 5.79. The van der Waals surface area contributed by atoms with Gasteiger partial charge in [-0.2, -0.15) is 0 Å². The van der Waals surface area contributed by atoms with Crippen molar-refractivity contribution in [2.75, 3.05) is 13.1 Å². The van der Waals surface area contributed by atoms with Crippen LogP contribution in [0.25, 0.3) is 0 Å². The molecule has 4 N–H and O–H groups in total. The quantitative estimate of drug-likeness (QED) is 0.641. The second-order valence-corrected chi connectivity index (χ2v) is 8.30. The summed E-state index contributed by atoms with van der Waals surface area (Å²) in [6, 6.07) is 9.59. The molecule has 22 heavy (non-hydrogen) atoms. The van der Waals surface area contributed by atoms with E-state index in [0.717, 1.165) is 6.54 Å². The third-order valence-corrected chi connectivity index (χ3v) is 4.87. The molecule has 0 aromatic heterocycles. The lowest BCUT2D eigenvalue weighted by molar-refractivity contribution is 0.393. The zero-order valence-electron chi connectivity index (χ0n) is 14.9. The molecule has 0 fully saturated rings. The Kier molecular flexibility index (Phi) is 7.90. The molecule has 3 nitrogen and oxygen atoms in total.